The van der Waals surface area contributed by atoms with Gasteiger partial charge in [0.15, 0.2) is 0 Å². The van der Waals surface area contributed by atoms with Gasteiger partial charge in [-0.3, -0.25) is 4.79 Å². The van der Waals surface area contributed by atoms with Gasteiger partial charge in [-0.25, -0.2) is 4.98 Å². The Morgan fingerprint density at radius 1 is 1.44 bits per heavy atom. The zero-order valence-electron chi connectivity index (χ0n) is 9.63. The molecule has 0 saturated carbocycles. The lowest BCUT2D eigenvalue weighted by atomic mass is 10.2. The van der Waals surface area contributed by atoms with Crippen LogP contribution >= 0.6 is 0 Å². The normalized spacial score (nSPS) is 10.7. The first-order valence-electron chi connectivity index (χ1n) is 5.27. The fourth-order valence-electron chi connectivity index (χ4n) is 1.68. The Bertz CT molecular complexity index is 567. The monoisotopic (exact) mass is 218 g/mol. The van der Waals surface area contributed by atoms with Crippen molar-refractivity contribution >= 4 is 0 Å². The smallest absolute Gasteiger partial charge is 0.254 e. The predicted octanol–water partition coefficient (Wildman–Crippen LogP) is 2.21. The SMILES string of the molecule is CCc1nc(-c2ccoc2C)[nH]c(=O)c1C. The molecule has 2 aromatic rings. The summed E-state index contributed by atoms with van der Waals surface area (Å²) in [5.41, 5.74) is 2.28. The topological polar surface area (TPSA) is 58.9 Å². The average molecular weight is 218 g/mol. The number of rotatable bonds is 2. The first-order chi connectivity index (χ1) is 7.63. The van der Waals surface area contributed by atoms with Crippen molar-refractivity contribution in [2.45, 2.75) is 27.2 Å². The molecular weight excluding hydrogens is 204 g/mol. The van der Waals surface area contributed by atoms with Crippen molar-refractivity contribution in [2.75, 3.05) is 0 Å². The van der Waals surface area contributed by atoms with Crippen LogP contribution in [0, 0.1) is 13.8 Å². The lowest BCUT2D eigenvalue weighted by Gasteiger charge is -2.04. The molecule has 1 N–H and O–H groups in total. The van der Waals surface area contributed by atoms with Crippen molar-refractivity contribution in [3.05, 3.63) is 39.7 Å². The van der Waals surface area contributed by atoms with Crippen LogP contribution < -0.4 is 5.56 Å². The van der Waals surface area contributed by atoms with Gasteiger partial charge in [-0.05, 0) is 26.3 Å². The van der Waals surface area contributed by atoms with Crippen LogP contribution in [0.2, 0.25) is 0 Å². The van der Waals surface area contributed by atoms with Gasteiger partial charge in [0, 0.05) is 5.56 Å². The summed E-state index contributed by atoms with van der Waals surface area (Å²) in [6.07, 6.45) is 2.34. The van der Waals surface area contributed by atoms with E-state index in [1.807, 2.05) is 19.9 Å². The third-order valence-electron chi connectivity index (χ3n) is 2.70. The van der Waals surface area contributed by atoms with E-state index in [1.54, 1.807) is 13.2 Å². The predicted molar refractivity (Wildman–Crippen MR) is 61.4 cm³/mol. The zero-order chi connectivity index (χ0) is 11.7. The Hall–Kier alpha value is -1.84. The van der Waals surface area contributed by atoms with Gasteiger partial charge < -0.3 is 9.40 Å². The molecule has 0 bridgehead atoms. The molecule has 0 aliphatic heterocycles. The van der Waals surface area contributed by atoms with Gasteiger partial charge in [-0.1, -0.05) is 6.92 Å². The van der Waals surface area contributed by atoms with Crippen LogP contribution in [0.1, 0.15) is 23.9 Å². The van der Waals surface area contributed by atoms with Gasteiger partial charge in [-0.2, -0.15) is 0 Å². The van der Waals surface area contributed by atoms with Gasteiger partial charge in [-0.15, -0.1) is 0 Å². The van der Waals surface area contributed by atoms with Crippen LogP contribution in [0.4, 0.5) is 0 Å². The van der Waals surface area contributed by atoms with E-state index in [1.165, 1.54) is 0 Å². The van der Waals surface area contributed by atoms with E-state index in [0.29, 0.717) is 11.4 Å². The minimum absolute atomic E-state index is 0.0811. The second kappa shape index (κ2) is 3.96. The Morgan fingerprint density at radius 2 is 2.19 bits per heavy atom. The Morgan fingerprint density at radius 3 is 2.75 bits per heavy atom. The van der Waals surface area contributed by atoms with Crippen LogP contribution in [0.25, 0.3) is 11.4 Å². The first kappa shape index (κ1) is 10.7. The van der Waals surface area contributed by atoms with E-state index in [-0.39, 0.29) is 5.56 Å². The van der Waals surface area contributed by atoms with E-state index in [2.05, 4.69) is 9.97 Å². The molecule has 0 aromatic carbocycles. The number of aromatic nitrogens is 2. The second-order valence-electron chi connectivity index (χ2n) is 3.73. The number of hydrogen-bond acceptors (Lipinski definition) is 3. The maximum absolute atomic E-state index is 11.7. The fraction of sp³-hybridized carbons (Fsp3) is 0.333. The number of furan rings is 1. The summed E-state index contributed by atoms with van der Waals surface area (Å²) in [5, 5.41) is 0. The average Bonchev–Trinajstić information content (AvgIpc) is 2.68. The van der Waals surface area contributed by atoms with Crippen molar-refractivity contribution in [1.29, 1.82) is 0 Å². The highest BCUT2D eigenvalue weighted by Gasteiger charge is 2.10. The summed E-state index contributed by atoms with van der Waals surface area (Å²) in [5.74, 6) is 1.34. The summed E-state index contributed by atoms with van der Waals surface area (Å²) in [6.45, 7) is 5.62. The number of nitrogens with one attached hydrogen (secondary N) is 1. The van der Waals surface area contributed by atoms with Crippen molar-refractivity contribution in [1.82, 2.24) is 9.97 Å². The highest BCUT2D eigenvalue weighted by atomic mass is 16.3. The van der Waals surface area contributed by atoms with Crippen LogP contribution in [-0.2, 0) is 6.42 Å². The summed E-state index contributed by atoms with van der Waals surface area (Å²) in [4.78, 5) is 18.9. The molecule has 0 saturated heterocycles. The van der Waals surface area contributed by atoms with Crippen LogP contribution in [0.5, 0.6) is 0 Å². The van der Waals surface area contributed by atoms with Crippen LogP contribution in [-0.4, -0.2) is 9.97 Å². The van der Waals surface area contributed by atoms with Crippen molar-refractivity contribution in [3.8, 4) is 11.4 Å². The van der Waals surface area contributed by atoms with E-state index < -0.39 is 0 Å². The lowest BCUT2D eigenvalue weighted by molar-refractivity contribution is 0.535. The van der Waals surface area contributed by atoms with Crippen molar-refractivity contribution in [2.24, 2.45) is 0 Å². The molecule has 84 valence electrons. The van der Waals surface area contributed by atoms with Gasteiger partial charge in [0.25, 0.3) is 5.56 Å². The van der Waals surface area contributed by atoms with Crippen LogP contribution in [0.15, 0.2) is 21.5 Å². The number of H-pyrrole nitrogens is 1. The molecule has 0 spiro atoms. The Labute approximate surface area is 93.3 Å². The van der Waals surface area contributed by atoms with Gasteiger partial charge in [0.1, 0.15) is 11.6 Å². The standard InChI is InChI=1S/C12H14N2O2/c1-4-10-7(2)12(15)14-11(13-10)9-5-6-16-8(9)3/h5-6H,4H2,1-3H3,(H,13,14,15). The molecule has 0 unspecified atom stereocenters. The molecule has 16 heavy (non-hydrogen) atoms. The quantitative estimate of drug-likeness (QED) is 0.840. The molecule has 2 rings (SSSR count). The highest BCUT2D eigenvalue weighted by Crippen LogP contribution is 2.20. The molecular formula is C12H14N2O2. The molecule has 0 aliphatic carbocycles. The van der Waals surface area contributed by atoms with Crippen molar-refractivity contribution in [3.63, 3.8) is 0 Å². The molecule has 4 heteroatoms. The third kappa shape index (κ3) is 1.66. The molecule has 2 heterocycles. The summed E-state index contributed by atoms with van der Waals surface area (Å²) >= 11 is 0. The molecule has 4 nitrogen and oxygen atoms in total. The fourth-order valence-corrected chi connectivity index (χ4v) is 1.68. The van der Waals surface area contributed by atoms with E-state index >= 15 is 0 Å². The van der Waals surface area contributed by atoms with E-state index in [9.17, 15) is 4.79 Å². The third-order valence-corrected chi connectivity index (χ3v) is 2.70. The number of nitrogens with zero attached hydrogens (tertiary/aromatic N) is 1. The van der Waals surface area contributed by atoms with Gasteiger partial charge in [0.05, 0.1) is 17.5 Å². The maximum atomic E-state index is 11.7. The zero-order valence-corrected chi connectivity index (χ0v) is 9.63. The Kier molecular flexibility index (Phi) is 2.64. The summed E-state index contributed by atoms with van der Waals surface area (Å²) in [6, 6.07) is 1.81. The first-order valence-corrected chi connectivity index (χ1v) is 5.27. The molecule has 2 aromatic heterocycles. The van der Waals surface area contributed by atoms with Crippen LogP contribution in [0.3, 0.4) is 0 Å². The lowest BCUT2D eigenvalue weighted by Crippen LogP contribution is -2.15. The summed E-state index contributed by atoms with van der Waals surface area (Å²) < 4.78 is 5.20. The second-order valence-corrected chi connectivity index (χ2v) is 3.73. The molecule has 0 atom stereocenters. The molecule has 0 amide bonds. The highest BCUT2D eigenvalue weighted by molar-refractivity contribution is 5.57. The van der Waals surface area contributed by atoms with Gasteiger partial charge >= 0.3 is 0 Å². The largest absolute Gasteiger partial charge is 0.469 e. The maximum Gasteiger partial charge on any atom is 0.254 e. The molecule has 0 radical (unpaired) electrons. The van der Waals surface area contributed by atoms with E-state index in [4.69, 9.17) is 4.42 Å². The van der Waals surface area contributed by atoms with Crippen molar-refractivity contribution < 1.29 is 4.42 Å². The van der Waals surface area contributed by atoms with Gasteiger partial charge in [0.2, 0.25) is 0 Å². The minimum atomic E-state index is -0.0811. The number of aryl methyl sites for hydroxylation is 2. The van der Waals surface area contributed by atoms with E-state index in [0.717, 1.165) is 23.4 Å². The molecule has 0 fully saturated rings. The molecule has 0 aliphatic rings. The number of hydrogen-bond donors (Lipinski definition) is 1. The minimum Gasteiger partial charge on any atom is -0.469 e. The summed E-state index contributed by atoms with van der Waals surface area (Å²) in [7, 11) is 0. The Balaban J connectivity index is 2.64. The number of aromatic amines is 1.